The zero-order valence-electron chi connectivity index (χ0n) is 13.0. The maximum Gasteiger partial charge on any atom is 0.353 e. The number of carbonyl (C=O) groups is 1. The molecule has 1 saturated heterocycles. The van der Waals surface area contributed by atoms with Gasteiger partial charge in [-0.3, -0.25) is 19.8 Å². The monoisotopic (exact) mass is 338 g/mol. The highest BCUT2D eigenvalue weighted by Gasteiger charge is 2.45. The van der Waals surface area contributed by atoms with E-state index >= 15 is 0 Å². The van der Waals surface area contributed by atoms with Crippen LogP contribution < -0.4 is 5.32 Å². The van der Waals surface area contributed by atoms with Gasteiger partial charge in [-0.2, -0.15) is 0 Å². The zero-order valence-corrected chi connectivity index (χ0v) is 13.0. The van der Waals surface area contributed by atoms with E-state index in [1.165, 1.54) is 18.2 Å². The summed E-state index contributed by atoms with van der Waals surface area (Å²) in [5.41, 5.74) is -0.504. The van der Waals surface area contributed by atoms with Crippen LogP contribution in [0.3, 0.4) is 0 Å². The maximum absolute atomic E-state index is 13.8. The number of Topliss-reactive ketones (excluding diaryl/α,β-unsaturated/α-hetero) is 1. The molecule has 1 N–H and O–H groups in total. The molecule has 2 heterocycles. The first-order valence-electron chi connectivity index (χ1n) is 7.48. The van der Waals surface area contributed by atoms with Gasteiger partial charge in [0.25, 0.3) is 5.78 Å². The predicted octanol–water partition coefficient (Wildman–Crippen LogP) is 1.05. The first-order valence-corrected chi connectivity index (χ1v) is 7.48. The fourth-order valence-electron chi connectivity index (χ4n) is 3.01. The third kappa shape index (κ3) is 2.71. The van der Waals surface area contributed by atoms with E-state index in [2.05, 4.69) is 5.32 Å². The summed E-state index contributed by atoms with van der Waals surface area (Å²) in [5, 5.41) is 14.0. The first kappa shape index (κ1) is 16.3. The van der Waals surface area contributed by atoms with Gasteiger partial charge >= 0.3 is 5.70 Å². The standard InChI is InChI=1S/C15H16F2N4O3/c1-9-14(22)13(21(23)24)15-18-8-19(5-6-20(9)15)7-10-11(16)3-2-4-12(10)17/h2-4,9,18H,5-8H2,1H3. The van der Waals surface area contributed by atoms with Crippen molar-refractivity contribution in [3.05, 3.63) is 57.0 Å². The summed E-state index contributed by atoms with van der Waals surface area (Å²) >= 11 is 0. The molecule has 7 nitrogen and oxygen atoms in total. The Hall–Kier alpha value is -2.55. The van der Waals surface area contributed by atoms with Crippen LogP contribution in [-0.4, -0.2) is 46.3 Å². The van der Waals surface area contributed by atoms with Gasteiger partial charge in [-0.1, -0.05) is 6.07 Å². The van der Waals surface area contributed by atoms with Crippen LogP contribution in [0.25, 0.3) is 0 Å². The number of halogens is 2. The van der Waals surface area contributed by atoms with Gasteiger partial charge in [-0.25, -0.2) is 8.78 Å². The van der Waals surface area contributed by atoms with E-state index in [4.69, 9.17) is 0 Å². The quantitative estimate of drug-likeness (QED) is 0.656. The second kappa shape index (κ2) is 6.16. The van der Waals surface area contributed by atoms with Crippen LogP contribution in [0, 0.1) is 21.7 Å². The van der Waals surface area contributed by atoms with Crippen molar-refractivity contribution >= 4 is 5.78 Å². The number of nitrogens with zero attached hydrogens (tertiary/aromatic N) is 3. The van der Waals surface area contributed by atoms with Crippen LogP contribution in [0.5, 0.6) is 0 Å². The molecule has 2 aliphatic rings. The molecular formula is C15H16F2N4O3. The topological polar surface area (TPSA) is 78.7 Å². The normalized spacial score (nSPS) is 21.5. The zero-order chi connectivity index (χ0) is 17.4. The van der Waals surface area contributed by atoms with Crippen LogP contribution in [-0.2, 0) is 11.3 Å². The molecule has 1 fully saturated rings. The number of nitro groups is 1. The van der Waals surface area contributed by atoms with Gasteiger partial charge in [0.1, 0.15) is 11.6 Å². The molecule has 1 unspecified atom stereocenters. The Morgan fingerprint density at radius 1 is 1.33 bits per heavy atom. The highest BCUT2D eigenvalue weighted by molar-refractivity contribution is 6.00. The minimum Gasteiger partial charge on any atom is -0.353 e. The van der Waals surface area contributed by atoms with Crippen molar-refractivity contribution in [2.45, 2.75) is 19.5 Å². The molecule has 24 heavy (non-hydrogen) atoms. The van der Waals surface area contributed by atoms with Gasteiger partial charge in [0.2, 0.25) is 0 Å². The fourth-order valence-corrected chi connectivity index (χ4v) is 3.01. The number of fused-ring (bicyclic) bond motifs is 1. The number of hydrogen-bond donors (Lipinski definition) is 1. The maximum atomic E-state index is 13.8. The number of rotatable bonds is 3. The van der Waals surface area contributed by atoms with Crippen molar-refractivity contribution in [3.8, 4) is 0 Å². The molecule has 1 aromatic rings. The Kier molecular flexibility index (Phi) is 4.18. The average Bonchev–Trinajstić information content (AvgIpc) is 2.67. The average molecular weight is 338 g/mol. The molecular weight excluding hydrogens is 322 g/mol. The Balaban J connectivity index is 1.81. The lowest BCUT2D eigenvalue weighted by Gasteiger charge is -2.22. The van der Waals surface area contributed by atoms with Crippen LogP contribution >= 0.6 is 0 Å². The van der Waals surface area contributed by atoms with Gasteiger partial charge in [0.05, 0.1) is 17.6 Å². The number of ketones is 1. The van der Waals surface area contributed by atoms with Gasteiger partial charge in [-0.15, -0.1) is 0 Å². The Morgan fingerprint density at radius 3 is 2.62 bits per heavy atom. The minimum absolute atomic E-state index is 0.0305. The summed E-state index contributed by atoms with van der Waals surface area (Å²) < 4.78 is 27.6. The van der Waals surface area contributed by atoms with Crippen molar-refractivity contribution in [2.24, 2.45) is 0 Å². The van der Waals surface area contributed by atoms with E-state index in [9.17, 15) is 23.7 Å². The van der Waals surface area contributed by atoms with Crippen molar-refractivity contribution in [1.29, 1.82) is 0 Å². The molecule has 0 aromatic heterocycles. The Morgan fingerprint density at radius 2 is 2.00 bits per heavy atom. The second-order valence-electron chi connectivity index (χ2n) is 5.78. The fraction of sp³-hybridized carbons (Fsp3) is 0.400. The van der Waals surface area contributed by atoms with Gasteiger partial charge < -0.3 is 10.2 Å². The van der Waals surface area contributed by atoms with Crippen LogP contribution in [0.1, 0.15) is 12.5 Å². The van der Waals surface area contributed by atoms with Crippen molar-refractivity contribution in [3.63, 3.8) is 0 Å². The van der Waals surface area contributed by atoms with Crippen LogP contribution in [0.15, 0.2) is 29.7 Å². The molecule has 0 saturated carbocycles. The molecule has 9 heteroatoms. The molecule has 0 radical (unpaired) electrons. The predicted molar refractivity (Wildman–Crippen MR) is 80.0 cm³/mol. The summed E-state index contributed by atoms with van der Waals surface area (Å²) in [6, 6.07) is 3.05. The molecule has 0 amide bonds. The second-order valence-corrected chi connectivity index (χ2v) is 5.78. The first-order chi connectivity index (χ1) is 11.4. The minimum atomic E-state index is -0.687. The van der Waals surface area contributed by atoms with E-state index in [0.717, 1.165) is 0 Å². The van der Waals surface area contributed by atoms with Crippen molar-refractivity contribution < 1.29 is 18.5 Å². The highest BCUT2D eigenvalue weighted by Crippen LogP contribution is 2.26. The van der Waals surface area contributed by atoms with Gasteiger partial charge in [0, 0.05) is 25.2 Å². The lowest BCUT2D eigenvalue weighted by atomic mass is 10.2. The summed E-state index contributed by atoms with van der Waals surface area (Å²) in [7, 11) is 0. The summed E-state index contributed by atoms with van der Waals surface area (Å²) in [6.45, 7) is 2.54. The third-order valence-corrected chi connectivity index (χ3v) is 4.35. The van der Waals surface area contributed by atoms with E-state index in [0.29, 0.717) is 13.1 Å². The van der Waals surface area contributed by atoms with Crippen LogP contribution in [0.2, 0.25) is 0 Å². The smallest absolute Gasteiger partial charge is 0.353 e. The Bertz CT molecular complexity index is 717. The van der Waals surface area contributed by atoms with E-state index in [1.807, 2.05) is 0 Å². The summed E-state index contributed by atoms with van der Waals surface area (Å²) in [6.07, 6.45) is 0. The van der Waals surface area contributed by atoms with E-state index < -0.39 is 34.1 Å². The molecule has 128 valence electrons. The molecule has 1 aromatic carbocycles. The van der Waals surface area contributed by atoms with Crippen molar-refractivity contribution in [1.82, 2.24) is 15.1 Å². The molecule has 1 atom stereocenters. The largest absolute Gasteiger partial charge is 0.353 e. The van der Waals surface area contributed by atoms with Crippen molar-refractivity contribution in [2.75, 3.05) is 19.8 Å². The van der Waals surface area contributed by atoms with E-state index in [1.54, 1.807) is 16.7 Å². The number of carbonyl (C=O) groups excluding carboxylic acids is 1. The molecule has 0 aliphatic carbocycles. The SMILES string of the molecule is CC1C(=O)C([N+](=O)[O-])=C2NCN(Cc3c(F)cccc3F)CCN21. The summed E-state index contributed by atoms with van der Waals surface area (Å²) in [4.78, 5) is 25.8. The van der Waals surface area contributed by atoms with Crippen LogP contribution in [0.4, 0.5) is 8.78 Å². The number of hydrogen-bond acceptors (Lipinski definition) is 6. The van der Waals surface area contributed by atoms with Gasteiger partial charge in [0.15, 0.2) is 5.82 Å². The molecule has 2 aliphatic heterocycles. The Labute approximate surface area is 136 Å². The lowest BCUT2D eigenvalue weighted by Crippen LogP contribution is -2.36. The molecule has 0 bridgehead atoms. The van der Waals surface area contributed by atoms with Gasteiger partial charge in [-0.05, 0) is 19.1 Å². The molecule has 3 rings (SSSR count). The third-order valence-electron chi connectivity index (χ3n) is 4.35. The van der Waals surface area contributed by atoms with E-state index in [-0.39, 0.29) is 24.6 Å². The summed E-state index contributed by atoms with van der Waals surface area (Å²) in [5.74, 6) is -1.62. The molecule has 0 spiro atoms. The highest BCUT2D eigenvalue weighted by atomic mass is 19.1. The lowest BCUT2D eigenvalue weighted by molar-refractivity contribution is -0.419. The number of nitrogens with one attached hydrogen (secondary N) is 1. The number of benzene rings is 1.